The Morgan fingerprint density at radius 1 is 1.17 bits per heavy atom. The maximum absolute atomic E-state index is 8.92. The second kappa shape index (κ2) is 6.02. The zero-order valence-electron chi connectivity index (χ0n) is 13.4. The van der Waals surface area contributed by atoms with Crippen LogP contribution in [0, 0.1) is 5.92 Å². The number of hydrogen-bond acceptors (Lipinski definition) is 4. The van der Waals surface area contributed by atoms with Gasteiger partial charge in [0.2, 0.25) is 5.95 Å². The molecule has 0 bridgehead atoms. The average molecular weight is 320 g/mol. The van der Waals surface area contributed by atoms with E-state index in [0.717, 1.165) is 35.2 Å². The zero-order chi connectivity index (χ0) is 16.5. The lowest BCUT2D eigenvalue weighted by atomic mass is 10.1. The highest BCUT2D eigenvalue weighted by Crippen LogP contribution is 2.34. The number of hydrogen-bond donors (Lipinski definition) is 3. The molecule has 0 amide bonds. The lowest BCUT2D eigenvalue weighted by Crippen LogP contribution is -2.06. The number of benzene rings is 2. The number of hydroxylamine groups is 1. The summed E-state index contributed by atoms with van der Waals surface area (Å²) in [6, 6.07) is 16.0. The Kier molecular flexibility index (Phi) is 3.70. The van der Waals surface area contributed by atoms with Crippen LogP contribution < -0.4 is 10.8 Å². The van der Waals surface area contributed by atoms with E-state index in [9.17, 15) is 0 Å². The average Bonchev–Trinajstić information content (AvgIpc) is 3.37. The van der Waals surface area contributed by atoms with Gasteiger partial charge >= 0.3 is 0 Å². The summed E-state index contributed by atoms with van der Waals surface area (Å²) in [4.78, 5) is 4.74. The summed E-state index contributed by atoms with van der Waals surface area (Å²) in [5.41, 5.74) is 6.52. The predicted octanol–water partition coefficient (Wildman–Crippen LogP) is 4.14. The molecular formula is C19H20N4O. The quantitative estimate of drug-likeness (QED) is 0.597. The second-order valence-corrected chi connectivity index (χ2v) is 6.27. The Bertz CT molecular complexity index is 878. The maximum atomic E-state index is 8.92. The van der Waals surface area contributed by atoms with Crippen molar-refractivity contribution < 1.29 is 5.21 Å². The van der Waals surface area contributed by atoms with E-state index in [-0.39, 0.29) is 0 Å². The first-order chi connectivity index (χ1) is 11.7. The monoisotopic (exact) mass is 320 g/mol. The summed E-state index contributed by atoms with van der Waals surface area (Å²) in [6.07, 6.45) is 2.60. The van der Waals surface area contributed by atoms with Crippen molar-refractivity contribution in [3.8, 4) is 0 Å². The lowest BCUT2D eigenvalue weighted by Gasteiger charge is -2.11. The Hall–Kier alpha value is -2.79. The van der Waals surface area contributed by atoms with Crippen molar-refractivity contribution in [3.63, 3.8) is 0 Å². The third-order valence-corrected chi connectivity index (χ3v) is 4.42. The molecule has 24 heavy (non-hydrogen) atoms. The Labute approximate surface area is 140 Å². The van der Waals surface area contributed by atoms with Gasteiger partial charge in [-0.05, 0) is 48.6 Å². The molecule has 5 heteroatoms. The van der Waals surface area contributed by atoms with Gasteiger partial charge in [0.1, 0.15) is 0 Å². The summed E-state index contributed by atoms with van der Waals surface area (Å²) < 4.78 is 2.27. The van der Waals surface area contributed by atoms with Crippen molar-refractivity contribution in [3.05, 3.63) is 60.7 Å². The molecule has 0 radical (unpaired) electrons. The van der Waals surface area contributed by atoms with E-state index in [1.165, 1.54) is 18.4 Å². The number of nitrogens with zero attached hydrogens (tertiary/aromatic N) is 2. The topological polar surface area (TPSA) is 62.1 Å². The highest BCUT2D eigenvalue weighted by Gasteiger charge is 2.24. The fraction of sp³-hybridized carbons (Fsp3) is 0.211. The van der Waals surface area contributed by atoms with Gasteiger partial charge in [0.15, 0.2) is 0 Å². The Balaban J connectivity index is 1.64. The van der Waals surface area contributed by atoms with Crippen molar-refractivity contribution in [2.24, 2.45) is 5.92 Å². The molecule has 122 valence electrons. The molecule has 1 saturated carbocycles. The Morgan fingerprint density at radius 3 is 2.62 bits per heavy atom. The first-order valence-corrected chi connectivity index (χ1v) is 8.16. The molecule has 3 N–H and O–H groups in total. The molecule has 0 aliphatic heterocycles. The van der Waals surface area contributed by atoms with Crippen LogP contribution in [0.4, 0.5) is 11.6 Å². The van der Waals surface area contributed by atoms with Crippen molar-refractivity contribution in [1.82, 2.24) is 15.0 Å². The number of nitrogens with one attached hydrogen (secondary N) is 2. The van der Waals surface area contributed by atoms with Crippen molar-refractivity contribution in [2.45, 2.75) is 19.4 Å². The van der Waals surface area contributed by atoms with Gasteiger partial charge in [0.25, 0.3) is 0 Å². The van der Waals surface area contributed by atoms with Crippen LogP contribution in [-0.2, 0) is 6.54 Å². The van der Waals surface area contributed by atoms with Crippen LogP contribution in [0.2, 0.25) is 0 Å². The molecule has 1 aliphatic rings. The van der Waals surface area contributed by atoms with E-state index in [2.05, 4.69) is 34.1 Å². The first kappa shape index (κ1) is 14.8. The summed E-state index contributed by atoms with van der Waals surface area (Å²) in [7, 11) is 0. The smallest absolute Gasteiger partial charge is 0.208 e. The van der Waals surface area contributed by atoms with E-state index in [0.29, 0.717) is 5.70 Å². The van der Waals surface area contributed by atoms with Crippen LogP contribution in [0.5, 0.6) is 0 Å². The molecule has 3 aromatic rings. The van der Waals surface area contributed by atoms with Crippen molar-refractivity contribution >= 4 is 28.4 Å². The molecule has 2 aromatic carbocycles. The second-order valence-electron chi connectivity index (χ2n) is 6.27. The maximum Gasteiger partial charge on any atom is 0.208 e. The van der Waals surface area contributed by atoms with Gasteiger partial charge in [-0.15, -0.1) is 0 Å². The van der Waals surface area contributed by atoms with Gasteiger partial charge in [0.05, 0.1) is 16.7 Å². The number of anilines is 2. The number of aromatic nitrogens is 2. The minimum absolute atomic E-state index is 0.475. The number of rotatable bonds is 6. The number of fused-ring (bicyclic) bond motifs is 1. The molecule has 1 aliphatic carbocycles. The molecule has 5 nitrogen and oxygen atoms in total. The predicted molar refractivity (Wildman–Crippen MR) is 96.1 cm³/mol. The summed E-state index contributed by atoms with van der Waals surface area (Å²) in [6.45, 7) is 4.75. The summed E-state index contributed by atoms with van der Waals surface area (Å²) in [5.74, 6) is 1.64. The third kappa shape index (κ3) is 2.86. The van der Waals surface area contributed by atoms with Crippen LogP contribution in [-0.4, -0.2) is 14.8 Å². The number of imidazole rings is 1. The molecule has 0 saturated heterocycles. The zero-order valence-corrected chi connectivity index (χ0v) is 13.4. The van der Waals surface area contributed by atoms with E-state index in [1.54, 1.807) is 0 Å². The minimum atomic E-state index is 0.475. The van der Waals surface area contributed by atoms with Crippen LogP contribution in [0.1, 0.15) is 18.4 Å². The normalized spacial score (nSPS) is 13.9. The molecule has 1 fully saturated rings. The van der Waals surface area contributed by atoms with E-state index >= 15 is 0 Å². The minimum Gasteiger partial charge on any atom is -0.326 e. The van der Waals surface area contributed by atoms with Gasteiger partial charge in [-0.1, -0.05) is 30.8 Å². The van der Waals surface area contributed by atoms with Gasteiger partial charge in [0, 0.05) is 12.2 Å². The molecule has 1 aromatic heterocycles. The van der Waals surface area contributed by atoms with Crippen LogP contribution in [0.3, 0.4) is 0 Å². The largest absolute Gasteiger partial charge is 0.326 e. The van der Waals surface area contributed by atoms with E-state index in [4.69, 9.17) is 10.2 Å². The van der Waals surface area contributed by atoms with Gasteiger partial charge in [-0.25, -0.2) is 4.98 Å². The van der Waals surface area contributed by atoms with Gasteiger partial charge in [-0.2, -0.15) is 0 Å². The standard InChI is InChI=1S/C19H20N4O/c1-13(22-24)15-8-10-16(11-9-15)20-19-21-17-4-2-3-5-18(17)23(19)12-14-6-7-14/h2-5,8-11,14,22,24H,1,6-7,12H2,(H,20,21). The summed E-state index contributed by atoms with van der Waals surface area (Å²) in [5, 5.41) is 12.3. The van der Waals surface area contributed by atoms with Crippen LogP contribution >= 0.6 is 0 Å². The van der Waals surface area contributed by atoms with Gasteiger partial charge in [-0.3, -0.25) is 10.7 Å². The Morgan fingerprint density at radius 2 is 1.92 bits per heavy atom. The highest BCUT2D eigenvalue weighted by atomic mass is 16.5. The SMILES string of the molecule is C=C(NO)c1ccc(Nc2nc3ccccc3n2CC2CC2)cc1. The molecule has 4 rings (SSSR count). The molecule has 1 heterocycles. The fourth-order valence-electron chi connectivity index (χ4n) is 2.86. The highest BCUT2D eigenvalue weighted by molar-refractivity contribution is 5.79. The number of para-hydroxylation sites is 2. The van der Waals surface area contributed by atoms with Crippen molar-refractivity contribution in [1.29, 1.82) is 0 Å². The van der Waals surface area contributed by atoms with Crippen LogP contribution in [0.25, 0.3) is 16.7 Å². The summed E-state index contributed by atoms with van der Waals surface area (Å²) >= 11 is 0. The molecule has 0 unspecified atom stereocenters. The van der Waals surface area contributed by atoms with Gasteiger partial charge < -0.3 is 9.88 Å². The van der Waals surface area contributed by atoms with Crippen LogP contribution in [0.15, 0.2) is 55.1 Å². The molecule has 0 atom stereocenters. The van der Waals surface area contributed by atoms with E-state index < -0.39 is 0 Å². The fourth-order valence-corrected chi connectivity index (χ4v) is 2.86. The van der Waals surface area contributed by atoms with E-state index in [1.807, 2.05) is 36.4 Å². The first-order valence-electron chi connectivity index (χ1n) is 8.16. The molecular weight excluding hydrogens is 300 g/mol. The molecule has 0 spiro atoms. The third-order valence-electron chi connectivity index (χ3n) is 4.42. The van der Waals surface area contributed by atoms with Crippen molar-refractivity contribution in [2.75, 3.05) is 5.32 Å². The lowest BCUT2D eigenvalue weighted by molar-refractivity contribution is 0.225.